The van der Waals surface area contributed by atoms with Crippen LogP contribution in [0.4, 0.5) is 21.5 Å². The van der Waals surface area contributed by atoms with E-state index in [4.69, 9.17) is 4.74 Å². The van der Waals surface area contributed by atoms with Gasteiger partial charge in [0.15, 0.2) is 0 Å². The zero-order valence-corrected chi connectivity index (χ0v) is 13.1. The maximum absolute atomic E-state index is 13.4. The third-order valence-corrected chi connectivity index (χ3v) is 3.29. The molecule has 0 aromatic heterocycles. The summed E-state index contributed by atoms with van der Waals surface area (Å²) in [5.74, 6) is -0.584. The third kappa shape index (κ3) is 4.19. The summed E-state index contributed by atoms with van der Waals surface area (Å²) in [4.78, 5) is 22.1. The van der Waals surface area contributed by atoms with Gasteiger partial charge in [0, 0.05) is 11.8 Å². The van der Waals surface area contributed by atoms with Crippen LogP contribution in [0.3, 0.4) is 0 Å². The summed E-state index contributed by atoms with van der Waals surface area (Å²) in [5.41, 5.74) is 1.16. The first-order chi connectivity index (χ1) is 11.4. The highest BCUT2D eigenvalue weighted by molar-refractivity contribution is 5.95. The fourth-order valence-corrected chi connectivity index (χ4v) is 1.98. The molecule has 2 N–H and O–H groups in total. The molecule has 24 heavy (non-hydrogen) atoms. The summed E-state index contributed by atoms with van der Waals surface area (Å²) in [6, 6.07) is 8.45. The van der Waals surface area contributed by atoms with E-state index in [9.17, 15) is 19.3 Å². The van der Waals surface area contributed by atoms with Gasteiger partial charge in [-0.15, -0.1) is 0 Å². The number of amides is 1. The Balaban J connectivity index is 2.01. The molecule has 0 aliphatic heterocycles. The van der Waals surface area contributed by atoms with E-state index in [1.54, 1.807) is 19.1 Å². The molecule has 1 amide bonds. The van der Waals surface area contributed by atoms with E-state index >= 15 is 0 Å². The van der Waals surface area contributed by atoms with Crippen molar-refractivity contribution in [3.05, 3.63) is 57.9 Å². The molecule has 0 atom stereocenters. The molecular weight excluding hydrogens is 317 g/mol. The van der Waals surface area contributed by atoms with Crippen LogP contribution in [0, 0.1) is 22.9 Å². The molecule has 0 spiro atoms. The predicted octanol–water partition coefficient (Wildman–Crippen LogP) is 3.10. The number of carbonyl (C=O) groups is 1. The van der Waals surface area contributed by atoms with Crippen molar-refractivity contribution in [3.63, 3.8) is 0 Å². The molecule has 8 heteroatoms. The number of hydrogen-bond donors (Lipinski definition) is 2. The van der Waals surface area contributed by atoms with Crippen molar-refractivity contribution in [2.45, 2.75) is 6.92 Å². The largest absolute Gasteiger partial charge is 0.494 e. The summed E-state index contributed by atoms with van der Waals surface area (Å²) in [5, 5.41) is 16.1. The SMILES string of the molecule is COc1cc([N+](=O)[O-])ccc1NC(=O)CNc1ccc(C)c(F)c1. The molecule has 0 radical (unpaired) electrons. The van der Waals surface area contributed by atoms with Crippen molar-refractivity contribution in [3.8, 4) is 5.75 Å². The van der Waals surface area contributed by atoms with E-state index in [1.807, 2.05) is 0 Å². The first kappa shape index (κ1) is 17.2. The number of anilines is 2. The molecule has 0 heterocycles. The Labute approximate surface area is 137 Å². The molecule has 2 aromatic carbocycles. The van der Waals surface area contributed by atoms with Gasteiger partial charge in [-0.3, -0.25) is 14.9 Å². The highest BCUT2D eigenvalue weighted by Gasteiger charge is 2.13. The lowest BCUT2D eigenvalue weighted by Crippen LogP contribution is -2.22. The summed E-state index contributed by atoms with van der Waals surface area (Å²) in [6.07, 6.45) is 0. The van der Waals surface area contributed by atoms with Crippen LogP contribution in [0.25, 0.3) is 0 Å². The van der Waals surface area contributed by atoms with Gasteiger partial charge in [0.05, 0.1) is 30.3 Å². The monoisotopic (exact) mass is 333 g/mol. The van der Waals surface area contributed by atoms with Crippen LogP contribution in [0.5, 0.6) is 5.75 Å². The zero-order chi connectivity index (χ0) is 17.7. The first-order valence-electron chi connectivity index (χ1n) is 7.03. The molecule has 126 valence electrons. The van der Waals surface area contributed by atoms with Gasteiger partial charge < -0.3 is 15.4 Å². The third-order valence-electron chi connectivity index (χ3n) is 3.29. The van der Waals surface area contributed by atoms with E-state index in [-0.39, 0.29) is 23.8 Å². The Morgan fingerprint density at radius 1 is 1.29 bits per heavy atom. The van der Waals surface area contributed by atoms with Crippen LogP contribution < -0.4 is 15.4 Å². The van der Waals surface area contributed by atoms with Crippen LogP contribution >= 0.6 is 0 Å². The second-order valence-corrected chi connectivity index (χ2v) is 5.01. The van der Waals surface area contributed by atoms with E-state index < -0.39 is 10.8 Å². The number of methoxy groups -OCH3 is 1. The fraction of sp³-hybridized carbons (Fsp3) is 0.188. The van der Waals surface area contributed by atoms with Gasteiger partial charge >= 0.3 is 0 Å². The van der Waals surface area contributed by atoms with Crippen molar-refractivity contribution in [1.82, 2.24) is 0 Å². The Morgan fingerprint density at radius 2 is 2.04 bits per heavy atom. The second-order valence-electron chi connectivity index (χ2n) is 5.01. The lowest BCUT2D eigenvalue weighted by molar-refractivity contribution is -0.384. The summed E-state index contributed by atoms with van der Waals surface area (Å²) in [6.45, 7) is 1.55. The number of halogens is 1. The van der Waals surface area contributed by atoms with Gasteiger partial charge in [0.25, 0.3) is 5.69 Å². The molecule has 0 fully saturated rings. The minimum atomic E-state index is -0.554. The van der Waals surface area contributed by atoms with Gasteiger partial charge in [0.2, 0.25) is 5.91 Å². The Morgan fingerprint density at radius 3 is 2.67 bits per heavy atom. The quantitative estimate of drug-likeness (QED) is 0.626. The molecule has 0 bridgehead atoms. The number of non-ortho nitro benzene ring substituents is 1. The van der Waals surface area contributed by atoms with Crippen LogP contribution in [0.15, 0.2) is 36.4 Å². The Kier molecular flexibility index (Phi) is 5.31. The first-order valence-corrected chi connectivity index (χ1v) is 7.03. The number of benzene rings is 2. The standard InChI is InChI=1S/C16H16FN3O4/c1-10-3-4-11(7-13(10)17)18-9-16(21)19-14-6-5-12(20(22)23)8-15(14)24-2/h3-8,18H,9H2,1-2H3,(H,19,21). The maximum atomic E-state index is 13.4. The summed E-state index contributed by atoms with van der Waals surface area (Å²) < 4.78 is 18.5. The molecule has 0 unspecified atom stereocenters. The number of nitro groups is 1. The predicted molar refractivity (Wildman–Crippen MR) is 87.9 cm³/mol. The molecular formula is C16H16FN3O4. The molecule has 0 aliphatic rings. The summed E-state index contributed by atoms with van der Waals surface area (Å²) >= 11 is 0. The topological polar surface area (TPSA) is 93.5 Å². The molecule has 7 nitrogen and oxygen atoms in total. The van der Waals surface area contributed by atoms with Crippen LogP contribution in [-0.4, -0.2) is 24.5 Å². The lowest BCUT2D eigenvalue weighted by Gasteiger charge is -2.11. The molecule has 0 saturated carbocycles. The molecule has 0 saturated heterocycles. The Hall–Kier alpha value is -3.16. The molecule has 2 aromatic rings. The van der Waals surface area contributed by atoms with Gasteiger partial charge in [-0.1, -0.05) is 6.07 Å². The highest BCUT2D eigenvalue weighted by atomic mass is 19.1. The van der Waals surface area contributed by atoms with Crippen molar-refractivity contribution >= 4 is 23.0 Å². The van der Waals surface area contributed by atoms with Gasteiger partial charge in [-0.2, -0.15) is 0 Å². The van der Waals surface area contributed by atoms with Gasteiger partial charge in [0.1, 0.15) is 11.6 Å². The van der Waals surface area contributed by atoms with Crippen molar-refractivity contribution in [2.75, 3.05) is 24.3 Å². The van der Waals surface area contributed by atoms with Gasteiger partial charge in [-0.25, -0.2) is 4.39 Å². The van der Waals surface area contributed by atoms with Crippen molar-refractivity contribution in [1.29, 1.82) is 0 Å². The van der Waals surface area contributed by atoms with Crippen molar-refractivity contribution in [2.24, 2.45) is 0 Å². The lowest BCUT2D eigenvalue weighted by atomic mass is 10.2. The van der Waals surface area contributed by atoms with Crippen molar-refractivity contribution < 1.29 is 18.8 Å². The summed E-state index contributed by atoms with van der Waals surface area (Å²) in [7, 11) is 1.35. The average molecular weight is 333 g/mol. The Bertz CT molecular complexity index is 780. The average Bonchev–Trinajstić information content (AvgIpc) is 2.56. The van der Waals surface area contributed by atoms with Crippen LogP contribution in [-0.2, 0) is 4.79 Å². The number of hydrogen-bond acceptors (Lipinski definition) is 5. The van der Waals surface area contributed by atoms with E-state index in [0.29, 0.717) is 16.9 Å². The second kappa shape index (κ2) is 7.40. The fourth-order valence-electron chi connectivity index (χ4n) is 1.98. The number of carbonyl (C=O) groups excluding carboxylic acids is 1. The van der Waals surface area contributed by atoms with Crippen LogP contribution in [0.1, 0.15) is 5.56 Å². The normalized spacial score (nSPS) is 10.1. The molecule has 0 aliphatic carbocycles. The number of nitrogens with zero attached hydrogens (tertiary/aromatic N) is 1. The van der Waals surface area contributed by atoms with E-state index in [2.05, 4.69) is 10.6 Å². The number of nitro benzene ring substituents is 1. The maximum Gasteiger partial charge on any atom is 0.273 e. The van der Waals surface area contributed by atoms with E-state index in [1.165, 1.54) is 31.4 Å². The highest BCUT2D eigenvalue weighted by Crippen LogP contribution is 2.28. The van der Waals surface area contributed by atoms with Crippen LogP contribution in [0.2, 0.25) is 0 Å². The van der Waals surface area contributed by atoms with Gasteiger partial charge in [-0.05, 0) is 30.7 Å². The number of aryl methyl sites for hydroxylation is 1. The number of rotatable bonds is 6. The minimum absolute atomic E-state index is 0.0946. The smallest absolute Gasteiger partial charge is 0.273 e. The number of nitrogens with one attached hydrogen (secondary N) is 2. The number of ether oxygens (including phenoxy) is 1. The zero-order valence-electron chi connectivity index (χ0n) is 13.1. The van der Waals surface area contributed by atoms with E-state index in [0.717, 1.165) is 0 Å². The minimum Gasteiger partial charge on any atom is -0.494 e. The molecule has 2 rings (SSSR count).